The molecule has 1 aliphatic rings. The molecule has 4 rings (SSSR count). The van der Waals surface area contributed by atoms with Crippen LogP contribution >= 0.6 is 12.1 Å². The van der Waals surface area contributed by atoms with E-state index in [-0.39, 0.29) is 24.0 Å². The highest BCUT2D eigenvalue weighted by Crippen LogP contribution is 2.35. The SMILES string of the molecule is CO[C@H]1CCCN(c2ccc(-c3cc4cc(O)ccc4[nH]3)c(SF)n2)C1. The molecule has 1 aromatic carbocycles. The van der Waals surface area contributed by atoms with Gasteiger partial charge >= 0.3 is 0 Å². The highest BCUT2D eigenvalue weighted by atomic mass is 32.2. The van der Waals surface area contributed by atoms with Gasteiger partial charge in [0.1, 0.15) is 28.7 Å². The average Bonchev–Trinajstić information content (AvgIpc) is 3.10. The Morgan fingerprint density at radius 1 is 1.31 bits per heavy atom. The van der Waals surface area contributed by atoms with Gasteiger partial charge in [0.15, 0.2) is 0 Å². The van der Waals surface area contributed by atoms with E-state index in [1.807, 2.05) is 18.2 Å². The number of rotatable bonds is 4. The Bertz CT molecular complexity index is 930. The predicted octanol–water partition coefficient (Wildman–Crippen LogP) is 4.53. The molecule has 7 heteroatoms. The molecular weight excluding hydrogens is 353 g/mol. The number of halogens is 1. The average molecular weight is 373 g/mol. The zero-order chi connectivity index (χ0) is 18.1. The van der Waals surface area contributed by atoms with Crippen LogP contribution in [0.1, 0.15) is 12.8 Å². The number of phenolic OH excluding ortho intramolecular Hbond substituents is 1. The van der Waals surface area contributed by atoms with Crippen LogP contribution in [-0.2, 0) is 4.74 Å². The predicted molar refractivity (Wildman–Crippen MR) is 102 cm³/mol. The van der Waals surface area contributed by atoms with Gasteiger partial charge in [-0.25, -0.2) is 4.98 Å². The van der Waals surface area contributed by atoms with Crippen LogP contribution in [0.25, 0.3) is 22.2 Å². The molecular formula is C19H20FN3O2S. The number of H-pyrrole nitrogens is 1. The lowest BCUT2D eigenvalue weighted by Gasteiger charge is -2.33. The molecule has 1 saturated heterocycles. The maximum absolute atomic E-state index is 13.6. The van der Waals surface area contributed by atoms with Crippen molar-refractivity contribution in [2.75, 3.05) is 25.1 Å². The molecule has 2 aromatic heterocycles. The second kappa shape index (κ2) is 7.17. The van der Waals surface area contributed by atoms with Crippen LogP contribution in [0.4, 0.5) is 9.70 Å². The van der Waals surface area contributed by atoms with Crippen LogP contribution in [0, 0.1) is 0 Å². The number of fused-ring (bicyclic) bond motifs is 1. The normalized spacial score (nSPS) is 17.8. The van der Waals surface area contributed by atoms with E-state index in [2.05, 4.69) is 14.9 Å². The second-order valence-corrected chi connectivity index (χ2v) is 7.04. The topological polar surface area (TPSA) is 61.4 Å². The van der Waals surface area contributed by atoms with Gasteiger partial charge < -0.3 is 19.7 Å². The number of nitrogens with zero attached hydrogens (tertiary/aromatic N) is 2. The quantitative estimate of drug-likeness (QED) is 0.704. The summed E-state index contributed by atoms with van der Waals surface area (Å²) in [5, 5.41) is 10.8. The summed E-state index contributed by atoms with van der Waals surface area (Å²) < 4.78 is 19.1. The van der Waals surface area contributed by atoms with E-state index in [1.165, 1.54) is 0 Å². The number of phenols is 1. The van der Waals surface area contributed by atoms with Crippen LogP contribution in [0.2, 0.25) is 0 Å². The van der Waals surface area contributed by atoms with Crippen molar-refractivity contribution in [3.05, 3.63) is 36.4 Å². The number of aromatic hydroxyl groups is 1. The molecule has 136 valence electrons. The van der Waals surface area contributed by atoms with Gasteiger partial charge in [-0.2, -0.15) is 3.89 Å². The molecule has 3 heterocycles. The van der Waals surface area contributed by atoms with Crippen LogP contribution in [0.3, 0.4) is 0 Å². The number of hydrogen-bond acceptors (Lipinski definition) is 5. The Balaban J connectivity index is 1.68. The number of benzene rings is 1. The van der Waals surface area contributed by atoms with Gasteiger partial charge in [-0.15, -0.1) is 0 Å². The Kier molecular flexibility index (Phi) is 4.74. The third kappa shape index (κ3) is 3.24. The first-order valence-electron chi connectivity index (χ1n) is 8.57. The number of aromatic nitrogens is 2. The summed E-state index contributed by atoms with van der Waals surface area (Å²) in [6.07, 6.45) is 2.26. The standard InChI is InChI=1S/C19H20FN3O2S/c1-25-14-3-2-8-23(11-14)18-7-5-15(19(22-18)26-20)17-10-12-9-13(24)4-6-16(12)21-17/h4-7,9-10,14,21,24H,2-3,8,11H2,1H3/t14-/m0/s1. The number of aromatic amines is 1. The lowest BCUT2D eigenvalue weighted by Crippen LogP contribution is -2.39. The first-order valence-corrected chi connectivity index (χ1v) is 9.29. The lowest BCUT2D eigenvalue weighted by atomic mass is 10.1. The summed E-state index contributed by atoms with van der Waals surface area (Å²) in [6, 6.07) is 10.8. The summed E-state index contributed by atoms with van der Waals surface area (Å²) in [6.45, 7) is 1.67. The number of ether oxygens (including phenoxy) is 1. The first-order chi connectivity index (χ1) is 12.7. The molecule has 0 amide bonds. The van der Waals surface area contributed by atoms with Crippen molar-refractivity contribution in [1.29, 1.82) is 0 Å². The van der Waals surface area contributed by atoms with E-state index in [4.69, 9.17) is 4.74 Å². The smallest absolute Gasteiger partial charge is 0.141 e. The van der Waals surface area contributed by atoms with E-state index in [0.29, 0.717) is 10.6 Å². The number of anilines is 1. The summed E-state index contributed by atoms with van der Waals surface area (Å²) in [4.78, 5) is 9.94. The minimum Gasteiger partial charge on any atom is -0.508 e. The molecule has 0 spiro atoms. The van der Waals surface area contributed by atoms with E-state index in [0.717, 1.165) is 48.3 Å². The maximum Gasteiger partial charge on any atom is 0.141 e. The van der Waals surface area contributed by atoms with Crippen molar-refractivity contribution < 1.29 is 13.7 Å². The number of pyridine rings is 1. The molecule has 1 atom stereocenters. The van der Waals surface area contributed by atoms with E-state index in [1.54, 1.807) is 25.3 Å². The van der Waals surface area contributed by atoms with Crippen LogP contribution in [0.15, 0.2) is 41.4 Å². The Hall–Kier alpha value is -2.25. The molecule has 0 aliphatic carbocycles. The van der Waals surface area contributed by atoms with Crippen LogP contribution in [0.5, 0.6) is 5.75 Å². The molecule has 2 N–H and O–H groups in total. The van der Waals surface area contributed by atoms with Crippen LogP contribution < -0.4 is 4.90 Å². The van der Waals surface area contributed by atoms with Crippen molar-refractivity contribution in [2.24, 2.45) is 0 Å². The third-order valence-electron chi connectivity index (χ3n) is 4.85. The zero-order valence-electron chi connectivity index (χ0n) is 14.4. The second-order valence-electron chi connectivity index (χ2n) is 6.50. The number of methoxy groups -OCH3 is 1. The van der Waals surface area contributed by atoms with Crippen molar-refractivity contribution >= 4 is 28.9 Å². The summed E-state index contributed by atoms with van der Waals surface area (Å²) in [5.41, 5.74) is 2.37. The molecule has 3 aromatic rings. The fourth-order valence-corrected chi connectivity index (χ4v) is 3.86. The van der Waals surface area contributed by atoms with Gasteiger partial charge in [0.2, 0.25) is 0 Å². The van der Waals surface area contributed by atoms with Gasteiger partial charge in [0.25, 0.3) is 0 Å². The monoisotopic (exact) mass is 373 g/mol. The Labute approximate surface area is 155 Å². The van der Waals surface area contributed by atoms with Gasteiger partial charge in [-0.1, -0.05) is 0 Å². The molecule has 0 bridgehead atoms. The Morgan fingerprint density at radius 2 is 2.19 bits per heavy atom. The minimum atomic E-state index is 0.150. The zero-order valence-corrected chi connectivity index (χ0v) is 15.2. The summed E-state index contributed by atoms with van der Waals surface area (Å²) in [7, 11) is 1.72. The highest BCUT2D eigenvalue weighted by Gasteiger charge is 2.22. The Morgan fingerprint density at radius 3 is 3.00 bits per heavy atom. The van der Waals surface area contributed by atoms with Gasteiger partial charge in [-0.3, -0.25) is 0 Å². The van der Waals surface area contributed by atoms with E-state index >= 15 is 0 Å². The fourth-order valence-electron chi connectivity index (χ4n) is 3.47. The molecule has 0 saturated carbocycles. The largest absolute Gasteiger partial charge is 0.508 e. The fraction of sp³-hybridized carbons (Fsp3) is 0.316. The van der Waals surface area contributed by atoms with E-state index in [9.17, 15) is 8.99 Å². The number of hydrogen-bond donors (Lipinski definition) is 2. The third-order valence-corrected chi connectivity index (χ3v) is 5.31. The molecule has 1 aliphatic heterocycles. The number of nitrogens with one attached hydrogen (secondary N) is 1. The summed E-state index contributed by atoms with van der Waals surface area (Å²) in [5.74, 6) is 0.971. The lowest BCUT2D eigenvalue weighted by molar-refractivity contribution is 0.0891. The van der Waals surface area contributed by atoms with Gasteiger partial charge in [0, 0.05) is 42.4 Å². The molecule has 26 heavy (non-hydrogen) atoms. The van der Waals surface area contributed by atoms with Crippen molar-refractivity contribution in [2.45, 2.75) is 24.0 Å². The molecule has 0 unspecified atom stereocenters. The van der Waals surface area contributed by atoms with Crippen LogP contribution in [-0.4, -0.2) is 41.4 Å². The number of piperidine rings is 1. The van der Waals surface area contributed by atoms with Crippen molar-refractivity contribution in [1.82, 2.24) is 9.97 Å². The van der Waals surface area contributed by atoms with Gasteiger partial charge in [0.05, 0.1) is 6.10 Å². The molecule has 1 fully saturated rings. The first kappa shape index (κ1) is 17.2. The molecule has 5 nitrogen and oxygen atoms in total. The molecule has 0 radical (unpaired) electrons. The maximum atomic E-state index is 13.6. The highest BCUT2D eigenvalue weighted by molar-refractivity contribution is 7.94. The van der Waals surface area contributed by atoms with Gasteiger partial charge in [-0.05, 0) is 49.2 Å². The summed E-state index contributed by atoms with van der Waals surface area (Å²) >= 11 is 0.150. The minimum absolute atomic E-state index is 0.150. The van der Waals surface area contributed by atoms with Crippen molar-refractivity contribution in [3.8, 4) is 17.0 Å². The van der Waals surface area contributed by atoms with E-state index < -0.39 is 0 Å². The van der Waals surface area contributed by atoms with Crippen molar-refractivity contribution in [3.63, 3.8) is 0 Å².